The fraction of sp³-hybridized carbons (Fsp3) is 0.400. The lowest BCUT2D eigenvalue weighted by atomic mass is 10.0. The van der Waals surface area contributed by atoms with E-state index in [2.05, 4.69) is 23.3 Å². The zero-order valence-electron chi connectivity index (χ0n) is 20.5. The van der Waals surface area contributed by atoms with Crippen molar-refractivity contribution in [3.63, 3.8) is 0 Å². The van der Waals surface area contributed by atoms with Crippen LogP contribution in [0.4, 0.5) is 0 Å². The average Bonchev–Trinajstić information content (AvgIpc) is 2.82. The molecule has 2 rings (SSSR count). The first-order chi connectivity index (χ1) is 16.9. The number of amides is 3. The SMILES string of the molecule is CC(C)C[C@H](CS)NC(=O)CC(=O)NCc1ccc(-c2ccccc2S(=O)(=O)NC(=O)[C@H](C)O)cc1. The molecule has 0 aliphatic heterocycles. The first-order valence-electron chi connectivity index (χ1n) is 11.5. The smallest absolute Gasteiger partial charge is 0.264 e. The van der Waals surface area contributed by atoms with Gasteiger partial charge in [0, 0.05) is 23.9 Å². The van der Waals surface area contributed by atoms with Gasteiger partial charge in [-0.25, -0.2) is 13.1 Å². The number of hydrogen-bond donors (Lipinski definition) is 5. The van der Waals surface area contributed by atoms with Crippen molar-refractivity contribution in [2.45, 2.75) is 57.2 Å². The van der Waals surface area contributed by atoms with Crippen LogP contribution in [-0.2, 0) is 31.0 Å². The van der Waals surface area contributed by atoms with Crippen LogP contribution in [-0.4, -0.2) is 49.1 Å². The van der Waals surface area contributed by atoms with Crippen LogP contribution in [0.2, 0.25) is 0 Å². The zero-order chi connectivity index (χ0) is 26.9. The van der Waals surface area contributed by atoms with Gasteiger partial charge in [-0.2, -0.15) is 12.6 Å². The largest absolute Gasteiger partial charge is 0.384 e. The van der Waals surface area contributed by atoms with Crippen molar-refractivity contribution in [2.75, 3.05) is 5.75 Å². The normalized spacial score (nSPS) is 13.1. The third-order valence-electron chi connectivity index (χ3n) is 5.21. The summed E-state index contributed by atoms with van der Waals surface area (Å²) in [5.41, 5.74) is 1.71. The molecule has 0 spiro atoms. The molecule has 3 amide bonds. The van der Waals surface area contributed by atoms with E-state index in [1.165, 1.54) is 19.1 Å². The van der Waals surface area contributed by atoms with Gasteiger partial charge in [-0.1, -0.05) is 56.3 Å². The Morgan fingerprint density at radius 2 is 1.61 bits per heavy atom. The minimum Gasteiger partial charge on any atom is -0.384 e. The zero-order valence-corrected chi connectivity index (χ0v) is 22.2. The molecule has 2 aromatic carbocycles. The summed E-state index contributed by atoms with van der Waals surface area (Å²) >= 11 is 4.25. The number of benzene rings is 2. The molecule has 196 valence electrons. The maximum absolute atomic E-state index is 12.7. The standard InChI is InChI=1S/C25H33N3O6S2/c1-16(2)12-20(15-35)27-24(31)13-23(30)26-14-18-8-10-19(11-9-18)21-6-4-5-7-22(21)36(33,34)28-25(32)17(3)29/h4-11,16-17,20,29,35H,12-15H2,1-3H3,(H,26,30)(H,27,31)(H,28,32)/t17-,20+/m0/s1. The Kier molecular flexibility index (Phi) is 10.9. The maximum Gasteiger partial charge on any atom is 0.264 e. The highest BCUT2D eigenvalue weighted by Gasteiger charge is 2.23. The lowest BCUT2D eigenvalue weighted by molar-refractivity contribution is -0.130. The molecule has 0 bridgehead atoms. The van der Waals surface area contributed by atoms with Gasteiger partial charge in [0.25, 0.3) is 15.9 Å². The summed E-state index contributed by atoms with van der Waals surface area (Å²) in [5, 5.41) is 14.9. The van der Waals surface area contributed by atoms with E-state index in [4.69, 9.17) is 0 Å². The van der Waals surface area contributed by atoms with E-state index in [0.29, 0.717) is 22.8 Å². The summed E-state index contributed by atoms with van der Waals surface area (Å²) in [5.74, 6) is -0.901. The van der Waals surface area contributed by atoms with E-state index >= 15 is 0 Å². The fourth-order valence-electron chi connectivity index (χ4n) is 3.45. The van der Waals surface area contributed by atoms with Crippen LogP contribution in [0.3, 0.4) is 0 Å². The summed E-state index contributed by atoms with van der Waals surface area (Å²) in [6, 6.07) is 12.9. The summed E-state index contributed by atoms with van der Waals surface area (Å²) < 4.78 is 27.2. The number of hydrogen-bond acceptors (Lipinski definition) is 7. The first kappa shape index (κ1) is 29.3. The highest BCUT2D eigenvalue weighted by Crippen LogP contribution is 2.27. The maximum atomic E-state index is 12.7. The van der Waals surface area contributed by atoms with E-state index in [-0.39, 0.29) is 29.8 Å². The van der Waals surface area contributed by atoms with Gasteiger partial charge in [-0.3, -0.25) is 14.4 Å². The topological polar surface area (TPSA) is 142 Å². The van der Waals surface area contributed by atoms with Crippen molar-refractivity contribution in [1.82, 2.24) is 15.4 Å². The summed E-state index contributed by atoms with van der Waals surface area (Å²) in [6.07, 6.45) is -0.985. The Balaban J connectivity index is 2.02. The van der Waals surface area contributed by atoms with Crippen LogP contribution in [0, 0.1) is 5.92 Å². The lowest BCUT2D eigenvalue weighted by Gasteiger charge is -2.18. The molecule has 36 heavy (non-hydrogen) atoms. The fourth-order valence-corrected chi connectivity index (χ4v) is 4.97. The third kappa shape index (κ3) is 8.96. The molecule has 0 aliphatic carbocycles. The van der Waals surface area contributed by atoms with Gasteiger partial charge >= 0.3 is 0 Å². The van der Waals surface area contributed by atoms with Gasteiger partial charge < -0.3 is 15.7 Å². The van der Waals surface area contributed by atoms with E-state index in [1.54, 1.807) is 36.4 Å². The van der Waals surface area contributed by atoms with Crippen LogP contribution in [0.25, 0.3) is 11.1 Å². The molecule has 0 unspecified atom stereocenters. The monoisotopic (exact) mass is 535 g/mol. The Labute approximate surface area is 217 Å². The van der Waals surface area contributed by atoms with Crippen LogP contribution >= 0.6 is 12.6 Å². The average molecular weight is 536 g/mol. The van der Waals surface area contributed by atoms with E-state index in [0.717, 1.165) is 12.0 Å². The van der Waals surface area contributed by atoms with Gasteiger partial charge in [-0.05, 0) is 36.5 Å². The molecule has 0 fully saturated rings. The van der Waals surface area contributed by atoms with Gasteiger partial charge in [0.15, 0.2) is 0 Å². The number of nitrogens with one attached hydrogen (secondary N) is 3. The highest BCUT2D eigenvalue weighted by atomic mass is 32.2. The van der Waals surface area contributed by atoms with Crippen molar-refractivity contribution in [3.05, 3.63) is 54.1 Å². The van der Waals surface area contributed by atoms with E-state index in [1.807, 2.05) is 18.6 Å². The molecular weight excluding hydrogens is 502 g/mol. The van der Waals surface area contributed by atoms with Crippen molar-refractivity contribution in [1.29, 1.82) is 0 Å². The van der Waals surface area contributed by atoms with E-state index < -0.39 is 27.9 Å². The van der Waals surface area contributed by atoms with Gasteiger partial charge in [0.2, 0.25) is 11.8 Å². The Hall–Kier alpha value is -2.89. The second-order valence-corrected chi connectivity index (χ2v) is 10.9. The molecule has 0 aromatic heterocycles. The van der Waals surface area contributed by atoms with Crippen LogP contribution in [0.15, 0.2) is 53.4 Å². The summed E-state index contributed by atoms with van der Waals surface area (Å²) in [7, 11) is -4.20. The number of thiol groups is 1. The van der Waals surface area contributed by atoms with Crippen molar-refractivity contribution in [2.24, 2.45) is 5.92 Å². The molecule has 9 nitrogen and oxygen atoms in total. The number of carbonyl (C=O) groups excluding carboxylic acids is 3. The molecule has 0 saturated carbocycles. The first-order valence-corrected chi connectivity index (χ1v) is 13.6. The molecule has 0 aliphatic rings. The number of sulfonamides is 1. The van der Waals surface area contributed by atoms with Gasteiger partial charge in [0.1, 0.15) is 12.5 Å². The molecular formula is C25H33N3O6S2. The van der Waals surface area contributed by atoms with Gasteiger partial charge in [0.05, 0.1) is 4.90 Å². The molecule has 4 N–H and O–H groups in total. The third-order valence-corrected chi connectivity index (χ3v) is 7.05. The molecule has 2 aromatic rings. The predicted molar refractivity (Wildman–Crippen MR) is 141 cm³/mol. The molecule has 0 radical (unpaired) electrons. The van der Waals surface area contributed by atoms with Crippen LogP contribution in [0.5, 0.6) is 0 Å². The number of rotatable bonds is 12. The van der Waals surface area contributed by atoms with Crippen molar-refractivity contribution >= 4 is 40.4 Å². The van der Waals surface area contributed by atoms with Crippen molar-refractivity contribution in [3.8, 4) is 11.1 Å². The molecule has 2 atom stereocenters. The molecule has 11 heteroatoms. The lowest BCUT2D eigenvalue weighted by Crippen LogP contribution is -2.39. The summed E-state index contributed by atoms with van der Waals surface area (Å²) in [6.45, 7) is 5.46. The second kappa shape index (κ2) is 13.4. The van der Waals surface area contributed by atoms with Crippen LogP contribution < -0.4 is 15.4 Å². The quantitative estimate of drug-likeness (QED) is 0.208. The molecule has 0 saturated heterocycles. The van der Waals surface area contributed by atoms with Crippen molar-refractivity contribution < 1.29 is 27.9 Å². The Morgan fingerprint density at radius 3 is 2.19 bits per heavy atom. The molecule has 0 heterocycles. The minimum absolute atomic E-state index is 0.0896. The second-order valence-electron chi connectivity index (χ2n) is 8.87. The Morgan fingerprint density at radius 1 is 0.972 bits per heavy atom. The number of carbonyl (C=O) groups is 3. The Bertz CT molecular complexity index is 1160. The number of aliphatic hydroxyl groups excluding tert-OH is 1. The summed E-state index contributed by atoms with van der Waals surface area (Å²) in [4.78, 5) is 35.9. The highest BCUT2D eigenvalue weighted by molar-refractivity contribution is 7.90. The van der Waals surface area contributed by atoms with Crippen LogP contribution in [0.1, 0.15) is 39.2 Å². The van der Waals surface area contributed by atoms with E-state index in [9.17, 15) is 27.9 Å². The number of aliphatic hydroxyl groups is 1. The predicted octanol–water partition coefficient (Wildman–Crippen LogP) is 2.01. The minimum atomic E-state index is -4.20. The van der Waals surface area contributed by atoms with Gasteiger partial charge in [-0.15, -0.1) is 0 Å².